The maximum absolute atomic E-state index is 13.6. The van der Waals surface area contributed by atoms with Gasteiger partial charge < -0.3 is 9.64 Å². The molecule has 1 aliphatic heterocycles. The van der Waals surface area contributed by atoms with Crippen molar-refractivity contribution in [3.05, 3.63) is 95.7 Å². The summed E-state index contributed by atoms with van der Waals surface area (Å²) in [7, 11) is 1.67. The third-order valence-corrected chi connectivity index (χ3v) is 7.02. The van der Waals surface area contributed by atoms with Crippen molar-refractivity contribution < 1.29 is 9.53 Å². The van der Waals surface area contributed by atoms with E-state index in [-0.39, 0.29) is 5.91 Å². The Hall–Kier alpha value is -3.66. The number of para-hydroxylation sites is 1. The first-order chi connectivity index (χ1) is 16.6. The first kappa shape index (κ1) is 22.1. The second-order valence-electron chi connectivity index (χ2n) is 9.16. The fourth-order valence-electron chi connectivity index (χ4n) is 5.18. The van der Waals surface area contributed by atoms with Crippen LogP contribution < -0.4 is 4.74 Å². The average molecular weight is 451 g/mol. The Labute approximate surface area is 201 Å². The highest BCUT2D eigenvalue weighted by molar-refractivity contribution is 5.97. The lowest BCUT2D eigenvalue weighted by molar-refractivity contribution is 0.0673. The van der Waals surface area contributed by atoms with Gasteiger partial charge in [0.25, 0.3) is 5.91 Å². The third kappa shape index (κ3) is 4.41. The number of ether oxygens (including phenoxy) is 1. The molecule has 1 saturated heterocycles. The van der Waals surface area contributed by atoms with Crippen molar-refractivity contribution in [2.75, 3.05) is 20.2 Å². The number of nitrogens with zero attached hydrogens (tertiary/aromatic N) is 2. The molecule has 0 bridgehead atoms. The number of hydrogen-bond acceptors (Lipinski definition) is 3. The van der Waals surface area contributed by atoms with Gasteiger partial charge in [-0.05, 0) is 84.7 Å². The van der Waals surface area contributed by atoms with E-state index in [2.05, 4.69) is 47.1 Å². The zero-order valence-electron chi connectivity index (χ0n) is 19.8. The molecule has 0 aliphatic carbocycles. The van der Waals surface area contributed by atoms with Gasteiger partial charge in [-0.2, -0.15) is 0 Å². The van der Waals surface area contributed by atoms with E-state index in [0.29, 0.717) is 5.92 Å². The quantitative estimate of drug-likeness (QED) is 0.358. The van der Waals surface area contributed by atoms with Crippen LogP contribution >= 0.6 is 0 Å². The number of benzene rings is 3. The van der Waals surface area contributed by atoms with E-state index >= 15 is 0 Å². The van der Waals surface area contributed by atoms with Gasteiger partial charge >= 0.3 is 0 Å². The fourth-order valence-corrected chi connectivity index (χ4v) is 5.18. The summed E-state index contributed by atoms with van der Waals surface area (Å²) in [5, 5.41) is 1.22. The molecule has 0 N–H and O–H groups in total. The van der Waals surface area contributed by atoms with Gasteiger partial charge in [-0.25, -0.2) is 0 Å². The minimum Gasteiger partial charge on any atom is -0.497 e. The first-order valence-electron chi connectivity index (χ1n) is 12.0. The minimum atomic E-state index is 0.136. The number of piperidine rings is 1. The molecule has 34 heavy (non-hydrogen) atoms. The third-order valence-electron chi connectivity index (χ3n) is 7.02. The van der Waals surface area contributed by atoms with Gasteiger partial charge in [0, 0.05) is 30.2 Å². The Morgan fingerprint density at radius 2 is 1.85 bits per heavy atom. The van der Waals surface area contributed by atoms with E-state index in [1.54, 1.807) is 7.11 Å². The molecule has 0 radical (unpaired) electrons. The van der Waals surface area contributed by atoms with Crippen LogP contribution in [-0.2, 0) is 6.42 Å². The predicted octanol–water partition coefficient (Wildman–Crippen LogP) is 6.31. The zero-order valence-corrected chi connectivity index (χ0v) is 19.8. The Bertz CT molecular complexity index is 1310. The number of fused-ring (bicyclic) bond motifs is 1. The topological polar surface area (TPSA) is 42.4 Å². The van der Waals surface area contributed by atoms with E-state index in [1.807, 2.05) is 48.7 Å². The summed E-state index contributed by atoms with van der Waals surface area (Å²) in [5.74, 6) is 1.42. The summed E-state index contributed by atoms with van der Waals surface area (Å²) in [6.07, 6.45) is 5.05. The van der Waals surface area contributed by atoms with Crippen molar-refractivity contribution in [3.8, 4) is 16.9 Å². The summed E-state index contributed by atoms with van der Waals surface area (Å²) in [5.41, 5.74) is 6.36. The van der Waals surface area contributed by atoms with Gasteiger partial charge in [0.1, 0.15) is 5.75 Å². The van der Waals surface area contributed by atoms with Crippen LogP contribution in [0.5, 0.6) is 5.75 Å². The molecule has 4 nitrogen and oxygen atoms in total. The summed E-state index contributed by atoms with van der Waals surface area (Å²) in [6.45, 7) is 3.66. The Kier molecular flexibility index (Phi) is 6.31. The highest BCUT2D eigenvalue weighted by Crippen LogP contribution is 2.30. The highest BCUT2D eigenvalue weighted by atomic mass is 16.5. The van der Waals surface area contributed by atoms with Crippen LogP contribution in [0, 0.1) is 12.8 Å². The number of aromatic nitrogens is 1. The van der Waals surface area contributed by atoms with E-state index < -0.39 is 0 Å². The molecule has 2 heterocycles. The maximum atomic E-state index is 13.6. The molecule has 0 unspecified atom stereocenters. The van der Waals surface area contributed by atoms with Crippen molar-refractivity contribution in [2.24, 2.45) is 5.92 Å². The van der Waals surface area contributed by atoms with Crippen molar-refractivity contribution >= 4 is 16.8 Å². The molecule has 1 amide bonds. The predicted molar refractivity (Wildman–Crippen MR) is 137 cm³/mol. The van der Waals surface area contributed by atoms with Crippen LogP contribution in [0.1, 0.15) is 34.3 Å². The molecule has 4 aromatic rings. The molecule has 1 aliphatic rings. The molecule has 1 fully saturated rings. The van der Waals surface area contributed by atoms with Gasteiger partial charge in [-0.15, -0.1) is 0 Å². The Morgan fingerprint density at radius 3 is 2.68 bits per heavy atom. The standard InChI is InChI=1S/C30H30N2O2/c1-21-26(23-12-14-25(34-2)15-13-23)9-5-10-27(21)30(33)32-18-6-7-22(20-32)19-24-16-17-31-29-11-4-3-8-28(24)29/h3-5,8-17,22H,6-7,18-20H2,1-2H3/t22-/m0/s1. The molecule has 1 atom stereocenters. The van der Waals surface area contributed by atoms with Crippen molar-refractivity contribution in [1.29, 1.82) is 0 Å². The van der Waals surface area contributed by atoms with Crippen LogP contribution in [-0.4, -0.2) is 36.0 Å². The second-order valence-corrected chi connectivity index (χ2v) is 9.16. The normalized spacial score (nSPS) is 15.9. The molecule has 0 spiro atoms. The number of methoxy groups -OCH3 is 1. The van der Waals surface area contributed by atoms with Crippen LogP contribution in [0.15, 0.2) is 79.0 Å². The van der Waals surface area contributed by atoms with Gasteiger partial charge in [0.05, 0.1) is 12.6 Å². The summed E-state index contributed by atoms with van der Waals surface area (Å²) in [4.78, 5) is 20.2. The average Bonchev–Trinajstić information content (AvgIpc) is 2.89. The number of rotatable bonds is 5. The Balaban J connectivity index is 1.35. The van der Waals surface area contributed by atoms with Gasteiger partial charge in [-0.1, -0.05) is 42.5 Å². The molecule has 4 heteroatoms. The lowest BCUT2D eigenvalue weighted by Crippen LogP contribution is -2.40. The smallest absolute Gasteiger partial charge is 0.254 e. The van der Waals surface area contributed by atoms with Crippen LogP contribution in [0.25, 0.3) is 22.0 Å². The molecular formula is C30H30N2O2. The summed E-state index contributed by atoms with van der Waals surface area (Å²) in [6, 6.07) is 24.5. The summed E-state index contributed by atoms with van der Waals surface area (Å²) >= 11 is 0. The molecule has 3 aromatic carbocycles. The van der Waals surface area contributed by atoms with Gasteiger partial charge in [-0.3, -0.25) is 9.78 Å². The van der Waals surface area contributed by atoms with Crippen molar-refractivity contribution in [2.45, 2.75) is 26.2 Å². The minimum absolute atomic E-state index is 0.136. The Morgan fingerprint density at radius 1 is 1.03 bits per heavy atom. The second kappa shape index (κ2) is 9.68. The van der Waals surface area contributed by atoms with Crippen LogP contribution in [0.4, 0.5) is 0 Å². The lowest BCUT2D eigenvalue weighted by atomic mass is 9.89. The van der Waals surface area contributed by atoms with Crippen LogP contribution in [0.2, 0.25) is 0 Å². The lowest BCUT2D eigenvalue weighted by Gasteiger charge is -2.33. The fraction of sp³-hybridized carbons (Fsp3) is 0.267. The molecule has 172 valence electrons. The largest absolute Gasteiger partial charge is 0.497 e. The number of carbonyl (C=O) groups excluding carboxylic acids is 1. The number of pyridine rings is 1. The number of amides is 1. The molecule has 0 saturated carbocycles. The van der Waals surface area contributed by atoms with Crippen LogP contribution in [0.3, 0.4) is 0 Å². The summed E-state index contributed by atoms with van der Waals surface area (Å²) < 4.78 is 5.29. The molecule has 5 rings (SSSR count). The highest BCUT2D eigenvalue weighted by Gasteiger charge is 2.26. The van der Waals surface area contributed by atoms with Crippen molar-refractivity contribution in [3.63, 3.8) is 0 Å². The number of hydrogen-bond donors (Lipinski definition) is 0. The molecule has 1 aromatic heterocycles. The van der Waals surface area contributed by atoms with E-state index in [1.165, 1.54) is 10.9 Å². The van der Waals surface area contributed by atoms with E-state index in [4.69, 9.17) is 4.74 Å². The maximum Gasteiger partial charge on any atom is 0.254 e. The van der Waals surface area contributed by atoms with Gasteiger partial charge in [0.15, 0.2) is 0 Å². The monoisotopic (exact) mass is 450 g/mol. The SMILES string of the molecule is COc1ccc(-c2cccc(C(=O)N3CCC[C@@H](Cc4ccnc5ccccc45)C3)c2C)cc1. The van der Waals surface area contributed by atoms with E-state index in [0.717, 1.165) is 65.9 Å². The number of carbonyl (C=O) groups is 1. The number of likely N-dealkylation sites (tertiary alicyclic amines) is 1. The zero-order chi connectivity index (χ0) is 23.5. The van der Waals surface area contributed by atoms with Gasteiger partial charge in [0.2, 0.25) is 0 Å². The molecular weight excluding hydrogens is 420 g/mol. The van der Waals surface area contributed by atoms with Crippen molar-refractivity contribution in [1.82, 2.24) is 9.88 Å². The first-order valence-corrected chi connectivity index (χ1v) is 12.0. The van der Waals surface area contributed by atoms with E-state index in [9.17, 15) is 4.79 Å².